The lowest BCUT2D eigenvalue weighted by atomic mass is 9.36. The van der Waals surface area contributed by atoms with Gasteiger partial charge in [0.05, 0.1) is 11.4 Å². The van der Waals surface area contributed by atoms with Gasteiger partial charge in [-0.3, -0.25) is 0 Å². The van der Waals surface area contributed by atoms with E-state index in [2.05, 4.69) is 306 Å². The van der Waals surface area contributed by atoms with Crippen LogP contribution in [0.3, 0.4) is 0 Å². The lowest BCUT2D eigenvalue weighted by Gasteiger charge is -2.45. The second kappa shape index (κ2) is 19.5. The Hall–Kier alpha value is -7.60. The van der Waals surface area contributed by atoms with E-state index in [0.717, 1.165) is 35.6 Å². The molecule has 1 aromatic heterocycles. The van der Waals surface area contributed by atoms with Crippen molar-refractivity contribution >= 4 is 95.0 Å². The smallest absolute Gasteiger partial charge is 0.264 e. The fourth-order valence-corrected chi connectivity index (χ4v) is 16.2. The van der Waals surface area contributed by atoms with E-state index in [-0.39, 0.29) is 39.2 Å². The molecule has 10 aromatic rings. The van der Waals surface area contributed by atoms with Gasteiger partial charge in [-0.2, -0.15) is 0 Å². The quantitative estimate of drug-likeness (QED) is 0.147. The Labute approximate surface area is 511 Å². The Morgan fingerprint density at radius 3 is 1.44 bits per heavy atom. The van der Waals surface area contributed by atoms with Gasteiger partial charge in [-0.1, -0.05) is 212 Å². The SMILES string of the molecule is CC(C)(C)c1ccc(N(c2ccc(C(C)(C)C)cc2)c2cc3c4c(c2)N(c2ccc5c(c2)C(C)(C)CCC5(C)C)c2c(sc5cc6c(cc25)C(C)(C)CCC6(C)C)B4c2ccc(-c4ccccc4)cc2N3c2cccc(-c3ccccc3)c2)cc1. The van der Waals surface area contributed by atoms with Gasteiger partial charge in [0, 0.05) is 54.7 Å². The maximum atomic E-state index is 2.75. The molecule has 0 amide bonds. The molecule has 0 N–H and O–H groups in total. The first-order chi connectivity index (χ1) is 40.4. The summed E-state index contributed by atoms with van der Waals surface area (Å²) < 4.78 is 2.78. The standard InChI is InChI=1S/C80H82BN3S/c1-75(2,3)55-29-33-57(34-30-55)82(58-35-31-56(32-36-58)76(4,5)6)61-47-69-72-70(48-61)84(60-37-38-63-64(46-60)78(9,10)41-40-77(63,7)8)73-62-49-65-66(80(13,14)43-42-79(65,11)12)50-71(62)85-74(73)81(72)67-39-28-54(52-24-19-16-20-25-52)45-68(67)83(69)59-27-21-26-53(44-59)51-22-17-15-18-23-51/h15-39,44-50H,40-43H2,1-14H3. The molecule has 0 bridgehead atoms. The number of hydrogen-bond donors (Lipinski definition) is 0. The van der Waals surface area contributed by atoms with Crippen LogP contribution in [-0.2, 0) is 32.5 Å². The van der Waals surface area contributed by atoms with Crippen molar-refractivity contribution in [1.82, 2.24) is 0 Å². The number of thiophene rings is 1. The van der Waals surface area contributed by atoms with Crippen molar-refractivity contribution in [3.63, 3.8) is 0 Å². The van der Waals surface area contributed by atoms with Crippen LogP contribution >= 0.6 is 11.3 Å². The van der Waals surface area contributed by atoms with E-state index in [0.29, 0.717) is 0 Å². The average Bonchev–Trinajstić information content (AvgIpc) is 1.70. The summed E-state index contributed by atoms with van der Waals surface area (Å²) in [5, 5.41) is 1.35. The van der Waals surface area contributed by atoms with Crippen molar-refractivity contribution < 1.29 is 0 Å². The van der Waals surface area contributed by atoms with Crippen molar-refractivity contribution in [3.8, 4) is 22.3 Å². The third-order valence-electron chi connectivity index (χ3n) is 20.3. The van der Waals surface area contributed by atoms with Gasteiger partial charge in [0.2, 0.25) is 0 Å². The summed E-state index contributed by atoms with van der Waals surface area (Å²) in [4.78, 5) is 7.93. The molecule has 85 heavy (non-hydrogen) atoms. The zero-order valence-corrected chi connectivity index (χ0v) is 53.4. The predicted octanol–water partition coefficient (Wildman–Crippen LogP) is 21.1. The summed E-state index contributed by atoms with van der Waals surface area (Å²) in [7, 11) is 0. The van der Waals surface area contributed by atoms with Gasteiger partial charge in [-0.25, -0.2) is 0 Å². The highest BCUT2D eigenvalue weighted by Gasteiger charge is 2.48. The highest BCUT2D eigenvalue weighted by atomic mass is 32.1. The number of nitrogens with zero attached hydrogens (tertiary/aromatic N) is 3. The second-order valence-electron chi connectivity index (χ2n) is 30.0. The molecule has 14 rings (SSSR count). The van der Waals surface area contributed by atoms with E-state index < -0.39 is 0 Å². The van der Waals surface area contributed by atoms with Crippen LogP contribution in [0.1, 0.15) is 156 Å². The molecule has 0 unspecified atom stereocenters. The van der Waals surface area contributed by atoms with Crippen molar-refractivity contribution in [2.24, 2.45) is 0 Å². The van der Waals surface area contributed by atoms with Crippen LogP contribution in [0.4, 0.5) is 51.2 Å². The number of benzene rings is 9. The highest BCUT2D eigenvalue weighted by molar-refractivity contribution is 7.33. The van der Waals surface area contributed by atoms with Crippen LogP contribution in [0.15, 0.2) is 194 Å². The van der Waals surface area contributed by atoms with E-state index in [9.17, 15) is 0 Å². The summed E-state index contributed by atoms with van der Waals surface area (Å²) in [5.74, 6) is 0. The normalized spacial score (nSPS) is 16.9. The van der Waals surface area contributed by atoms with E-state index >= 15 is 0 Å². The summed E-state index contributed by atoms with van der Waals surface area (Å²) in [6.45, 7) is 33.7. The Morgan fingerprint density at radius 2 is 0.882 bits per heavy atom. The van der Waals surface area contributed by atoms with E-state index in [1.54, 1.807) is 0 Å². The van der Waals surface area contributed by atoms with Crippen molar-refractivity contribution in [2.75, 3.05) is 14.7 Å². The minimum atomic E-state index is -0.0623. The molecule has 0 spiro atoms. The molecule has 0 radical (unpaired) electrons. The first kappa shape index (κ1) is 55.3. The Kier molecular flexibility index (Phi) is 12.7. The third kappa shape index (κ3) is 9.20. The van der Waals surface area contributed by atoms with E-state index in [1.807, 2.05) is 11.3 Å². The molecule has 0 fully saturated rings. The van der Waals surface area contributed by atoms with Gasteiger partial charge in [0.25, 0.3) is 6.71 Å². The molecule has 426 valence electrons. The van der Waals surface area contributed by atoms with Gasteiger partial charge in [-0.15, -0.1) is 11.3 Å². The number of fused-ring (bicyclic) bond motifs is 8. The molecular formula is C80H82BN3S. The van der Waals surface area contributed by atoms with Gasteiger partial charge in [0.15, 0.2) is 0 Å². The Balaban J connectivity index is 1.14. The van der Waals surface area contributed by atoms with Gasteiger partial charge < -0.3 is 14.7 Å². The van der Waals surface area contributed by atoms with Gasteiger partial charge in [-0.05, 0) is 204 Å². The van der Waals surface area contributed by atoms with Crippen molar-refractivity contribution in [2.45, 2.75) is 155 Å². The number of anilines is 9. The molecule has 3 heterocycles. The Morgan fingerprint density at radius 1 is 0.400 bits per heavy atom. The van der Waals surface area contributed by atoms with Crippen LogP contribution in [0.5, 0.6) is 0 Å². The first-order valence-electron chi connectivity index (χ1n) is 31.3. The molecule has 3 nitrogen and oxygen atoms in total. The molecule has 0 saturated carbocycles. The van der Waals surface area contributed by atoms with Crippen molar-refractivity contribution in [1.29, 1.82) is 0 Å². The van der Waals surface area contributed by atoms with Crippen LogP contribution < -0.4 is 30.4 Å². The topological polar surface area (TPSA) is 9.72 Å². The Bertz CT molecular complexity index is 4210. The molecule has 2 aliphatic heterocycles. The average molecular weight is 1130 g/mol. The summed E-state index contributed by atoms with van der Waals surface area (Å²) in [6.07, 6.45) is 4.64. The molecule has 5 heteroatoms. The van der Waals surface area contributed by atoms with Crippen molar-refractivity contribution in [3.05, 3.63) is 228 Å². The fraction of sp³-hybridized carbons (Fsp3) is 0.300. The van der Waals surface area contributed by atoms with Crippen LogP contribution in [0.25, 0.3) is 32.3 Å². The number of hydrogen-bond acceptors (Lipinski definition) is 4. The monoisotopic (exact) mass is 1130 g/mol. The predicted molar refractivity (Wildman–Crippen MR) is 369 cm³/mol. The molecule has 0 saturated heterocycles. The lowest BCUT2D eigenvalue weighted by molar-refractivity contribution is 0.332. The third-order valence-corrected chi connectivity index (χ3v) is 21.5. The van der Waals surface area contributed by atoms with Gasteiger partial charge >= 0.3 is 0 Å². The molecule has 0 atom stereocenters. The van der Waals surface area contributed by atoms with Crippen LogP contribution in [-0.4, -0.2) is 6.71 Å². The van der Waals surface area contributed by atoms with Gasteiger partial charge in [0.1, 0.15) is 0 Å². The minimum absolute atomic E-state index is 0.000110. The van der Waals surface area contributed by atoms with E-state index in [4.69, 9.17) is 0 Å². The van der Waals surface area contributed by atoms with Crippen LogP contribution in [0, 0.1) is 0 Å². The first-order valence-corrected chi connectivity index (χ1v) is 32.1. The minimum Gasteiger partial charge on any atom is -0.311 e. The summed E-state index contributed by atoms with van der Waals surface area (Å²) >= 11 is 2.04. The second-order valence-corrected chi connectivity index (χ2v) is 31.0. The van der Waals surface area contributed by atoms with Crippen LogP contribution in [0.2, 0.25) is 0 Å². The zero-order valence-electron chi connectivity index (χ0n) is 52.6. The lowest BCUT2D eigenvalue weighted by Crippen LogP contribution is -2.60. The summed E-state index contributed by atoms with van der Waals surface area (Å²) in [5.41, 5.74) is 26.8. The largest absolute Gasteiger partial charge is 0.311 e. The molecule has 9 aromatic carbocycles. The van der Waals surface area contributed by atoms with E-state index in [1.165, 1.54) is 123 Å². The molecular weight excluding hydrogens is 1050 g/mol. The molecule has 4 aliphatic rings. The zero-order chi connectivity index (χ0) is 59.3. The maximum Gasteiger partial charge on any atom is 0.264 e. The highest BCUT2D eigenvalue weighted by Crippen LogP contribution is 2.56. The summed E-state index contributed by atoms with van der Waals surface area (Å²) in [6, 6.07) is 75.5. The number of rotatable bonds is 7. The maximum absolute atomic E-state index is 2.75. The molecule has 2 aliphatic carbocycles. The fourth-order valence-electron chi connectivity index (χ4n) is 14.8.